The monoisotopic (exact) mass is 580 g/mol. The van der Waals surface area contributed by atoms with Crippen LogP contribution in [0.25, 0.3) is 22.3 Å². The standard InChI is InChI=1S/C33H29FN4O5/c1-40-14-13-38-29-16-24(33(39)42-3)11-12-28(29)36-31(38)18-23-10-9-22(17-30(23)41-2)27-5-4-6-32(37-27)43-20-25-8-7-21(19-35)15-26(25)34/h4-12,15-17H,13-14,18,20H2,1-3H3. The third kappa shape index (κ3) is 6.47. The van der Waals surface area contributed by atoms with Crippen LogP contribution in [-0.4, -0.2) is 48.4 Å². The Hall–Kier alpha value is -5.27. The van der Waals surface area contributed by atoms with Crippen molar-refractivity contribution in [3.8, 4) is 29.0 Å². The molecule has 0 N–H and O–H groups in total. The van der Waals surface area contributed by atoms with E-state index >= 15 is 0 Å². The Bertz CT molecular complexity index is 1830. The number of esters is 1. The molecular weight excluding hydrogens is 551 g/mol. The second-order valence-corrected chi connectivity index (χ2v) is 9.64. The Labute approximate surface area is 248 Å². The largest absolute Gasteiger partial charge is 0.496 e. The molecule has 5 aromatic rings. The quantitative estimate of drug-likeness (QED) is 0.183. The summed E-state index contributed by atoms with van der Waals surface area (Å²) in [5.74, 6) is 0.872. The molecule has 0 aliphatic carbocycles. The third-order valence-electron chi connectivity index (χ3n) is 6.98. The molecule has 43 heavy (non-hydrogen) atoms. The smallest absolute Gasteiger partial charge is 0.337 e. The Kier molecular flexibility index (Phi) is 8.93. The maximum atomic E-state index is 14.3. The molecule has 0 aliphatic heterocycles. The Balaban J connectivity index is 1.39. The fourth-order valence-corrected chi connectivity index (χ4v) is 4.75. The molecule has 10 heteroatoms. The molecule has 218 valence electrons. The average Bonchev–Trinajstić information content (AvgIpc) is 3.38. The van der Waals surface area contributed by atoms with Crippen LogP contribution >= 0.6 is 0 Å². The van der Waals surface area contributed by atoms with E-state index in [2.05, 4.69) is 4.98 Å². The van der Waals surface area contributed by atoms with Gasteiger partial charge in [0.25, 0.3) is 0 Å². The van der Waals surface area contributed by atoms with E-state index in [0.717, 1.165) is 28.0 Å². The van der Waals surface area contributed by atoms with E-state index in [9.17, 15) is 9.18 Å². The molecule has 0 aliphatic rings. The number of hydrogen-bond donors (Lipinski definition) is 0. The van der Waals surface area contributed by atoms with Gasteiger partial charge in [0, 0.05) is 42.8 Å². The van der Waals surface area contributed by atoms with Gasteiger partial charge in [-0.15, -0.1) is 0 Å². The molecule has 0 fully saturated rings. The lowest BCUT2D eigenvalue weighted by Gasteiger charge is -2.13. The van der Waals surface area contributed by atoms with Gasteiger partial charge in [-0.25, -0.2) is 19.2 Å². The molecule has 9 nitrogen and oxygen atoms in total. The summed E-state index contributed by atoms with van der Waals surface area (Å²) in [5.41, 5.74) is 4.98. The molecule has 2 aromatic heterocycles. The van der Waals surface area contributed by atoms with E-state index in [0.29, 0.717) is 48.0 Å². The van der Waals surface area contributed by atoms with E-state index in [1.807, 2.05) is 47.0 Å². The summed E-state index contributed by atoms with van der Waals surface area (Å²) < 4.78 is 38.1. The zero-order valence-corrected chi connectivity index (χ0v) is 24.0. The molecule has 0 unspecified atom stereocenters. The number of nitriles is 1. The number of methoxy groups -OCH3 is 3. The number of pyridine rings is 1. The van der Waals surface area contributed by atoms with Gasteiger partial charge in [-0.3, -0.25) is 0 Å². The molecule has 5 rings (SSSR count). The van der Waals surface area contributed by atoms with Crippen LogP contribution in [0, 0.1) is 17.1 Å². The summed E-state index contributed by atoms with van der Waals surface area (Å²) in [6.45, 7) is 0.997. The molecule has 0 bridgehead atoms. The molecule has 0 amide bonds. The van der Waals surface area contributed by atoms with Crippen LogP contribution in [0.1, 0.15) is 32.9 Å². The summed E-state index contributed by atoms with van der Waals surface area (Å²) in [5, 5.41) is 8.95. The first-order chi connectivity index (χ1) is 20.9. The number of imidazole rings is 1. The predicted octanol–water partition coefficient (Wildman–Crippen LogP) is 5.72. The van der Waals surface area contributed by atoms with E-state index in [-0.39, 0.29) is 12.2 Å². The van der Waals surface area contributed by atoms with Crippen molar-refractivity contribution >= 4 is 17.0 Å². The minimum absolute atomic E-state index is 0.0263. The van der Waals surface area contributed by atoms with E-state index in [4.69, 9.17) is 29.2 Å². The Morgan fingerprint density at radius 1 is 0.977 bits per heavy atom. The number of ether oxygens (including phenoxy) is 4. The molecule has 0 saturated heterocycles. The first-order valence-electron chi connectivity index (χ1n) is 13.5. The van der Waals surface area contributed by atoms with Gasteiger partial charge >= 0.3 is 5.97 Å². The first-order valence-corrected chi connectivity index (χ1v) is 13.5. The Morgan fingerprint density at radius 3 is 2.56 bits per heavy atom. The number of halogens is 1. The van der Waals surface area contributed by atoms with Gasteiger partial charge in [0.15, 0.2) is 0 Å². The third-order valence-corrected chi connectivity index (χ3v) is 6.98. The van der Waals surface area contributed by atoms with Crippen molar-refractivity contribution in [1.29, 1.82) is 5.26 Å². The van der Waals surface area contributed by atoms with E-state index < -0.39 is 11.8 Å². The minimum Gasteiger partial charge on any atom is -0.496 e. The van der Waals surface area contributed by atoms with E-state index in [1.165, 1.54) is 19.2 Å². The average molecular weight is 581 g/mol. The van der Waals surface area contributed by atoms with Crippen molar-refractivity contribution in [2.24, 2.45) is 0 Å². The van der Waals surface area contributed by atoms with Gasteiger partial charge in [0.2, 0.25) is 5.88 Å². The van der Waals surface area contributed by atoms with Crippen molar-refractivity contribution in [3.05, 3.63) is 107 Å². The van der Waals surface area contributed by atoms with Gasteiger partial charge in [0.05, 0.1) is 54.7 Å². The highest BCUT2D eigenvalue weighted by atomic mass is 19.1. The topological polar surface area (TPSA) is 108 Å². The fraction of sp³-hybridized carbons (Fsp3) is 0.212. The van der Waals surface area contributed by atoms with Gasteiger partial charge < -0.3 is 23.5 Å². The predicted molar refractivity (Wildman–Crippen MR) is 157 cm³/mol. The van der Waals surface area contributed by atoms with Crippen LogP contribution in [0.3, 0.4) is 0 Å². The SMILES string of the molecule is COCCn1c(Cc2ccc(-c3cccc(OCc4ccc(C#N)cc4F)n3)cc2OC)nc2ccc(C(=O)OC)cc21. The van der Waals surface area contributed by atoms with Crippen molar-refractivity contribution in [3.63, 3.8) is 0 Å². The molecule has 2 heterocycles. The summed E-state index contributed by atoms with van der Waals surface area (Å²) in [6.07, 6.45) is 0.474. The number of hydrogen-bond acceptors (Lipinski definition) is 8. The second-order valence-electron chi connectivity index (χ2n) is 9.64. The molecule has 3 aromatic carbocycles. The van der Waals surface area contributed by atoms with Gasteiger partial charge in [-0.1, -0.05) is 24.3 Å². The molecule has 0 spiro atoms. The number of rotatable bonds is 11. The molecule has 0 atom stereocenters. The zero-order valence-electron chi connectivity index (χ0n) is 24.0. The lowest BCUT2D eigenvalue weighted by atomic mass is 10.0. The highest BCUT2D eigenvalue weighted by Gasteiger charge is 2.17. The maximum Gasteiger partial charge on any atom is 0.337 e. The summed E-state index contributed by atoms with van der Waals surface area (Å²) in [7, 11) is 4.60. The van der Waals surface area contributed by atoms with Gasteiger partial charge in [-0.2, -0.15) is 5.26 Å². The molecule has 0 saturated carbocycles. The summed E-state index contributed by atoms with van der Waals surface area (Å²) in [6, 6.07) is 22.7. The maximum absolute atomic E-state index is 14.3. The number of aromatic nitrogens is 3. The molecular formula is C33H29FN4O5. The number of fused-ring (bicyclic) bond motifs is 1. The van der Waals surface area contributed by atoms with Gasteiger partial charge in [0.1, 0.15) is 24.0 Å². The Morgan fingerprint density at radius 2 is 1.81 bits per heavy atom. The molecule has 0 radical (unpaired) electrons. The summed E-state index contributed by atoms with van der Waals surface area (Å²) >= 11 is 0. The van der Waals surface area contributed by atoms with Crippen LogP contribution < -0.4 is 9.47 Å². The number of carbonyl (C=O) groups excluding carboxylic acids is 1. The lowest BCUT2D eigenvalue weighted by Crippen LogP contribution is -2.10. The number of carbonyl (C=O) groups is 1. The van der Waals surface area contributed by atoms with Crippen molar-refractivity contribution in [2.75, 3.05) is 27.9 Å². The highest BCUT2D eigenvalue weighted by molar-refractivity contribution is 5.93. The van der Waals surface area contributed by atoms with Crippen molar-refractivity contribution in [2.45, 2.75) is 19.6 Å². The van der Waals surface area contributed by atoms with Gasteiger partial charge in [-0.05, 0) is 42.5 Å². The van der Waals surface area contributed by atoms with E-state index in [1.54, 1.807) is 38.5 Å². The van der Waals surface area contributed by atoms with Crippen LogP contribution in [0.15, 0.2) is 72.8 Å². The second kappa shape index (κ2) is 13.1. The van der Waals surface area contributed by atoms with Crippen LogP contribution in [0.4, 0.5) is 4.39 Å². The van der Waals surface area contributed by atoms with Crippen molar-refractivity contribution in [1.82, 2.24) is 14.5 Å². The number of benzene rings is 3. The minimum atomic E-state index is -0.504. The van der Waals surface area contributed by atoms with Crippen LogP contribution in [0.2, 0.25) is 0 Å². The number of nitrogens with zero attached hydrogens (tertiary/aromatic N) is 4. The fourth-order valence-electron chi connectivity index (χ4n) is 4.75. The van der Waals surface area contributed by atoms with Crippen LogP contribution in [-0.2, 0) is 29.0 Å². The van der Waals surface area contributed by atoms with Crippen molar-refractivity contribution < 1.29 is 28.1 Å². The highest BCUT2D eigenvalue weighted by Crippen LogP contribution is 2.30. The van der Waals surface area contributed by atoms with Crippen LogP contribution in [0.5, 0.6) is 11.6 Å². The first kappa shape index (κ1) is 29.2. The summed E-state index contributed by atoms with van der Waals surface area (Å²) in [4.78, 5) is 21.6. The zero-order chi connectivity index (χ0) is 30.3. The normalized spacial score (nSPS) is 10.9. The lowest BCUT2D eigenvalue weighted by molar-refractivity contribution is 0.0601.